The van der Waals surface area contributed by atoms with Crippen molar-refractivity contribution in [3.8, 4) is 0 Å². The smallest absolute Gasteiger partial charge is 0.329 e. The fourth-order valence-corrected chi connectivity index (χ4v) is 2.93. The first-order valence-corrected chi connectivity index (χ1v) is 7.11. The molecular weight excluding hydrogens is 270 g/mol. The van der Waals surface area contributed by atoms with Gasteiger partial charge in [-0.25, -0.2) is 4.79 Å². The molecule has 1 aromatic heterocycles. The zero-order valence-electron chi connectivity index (χ0n) is 12.7. The van der Waals surface area contributed by atoms with Gasteiger partial charge in [-0.15, -0.1) is 0 Å². The Morgan fingerprint density at radius 2 is 2.19 bits per heavy atom. The number of hydrogen-bond acceptors (Lipinski definition) is 4. The summed E-state index contributed by atoms with van der Waals surface area (Å²) in [5.41, 5.74) is 0.205. The van der Waals surface area contributed by atoms with Crippen LogP contribution >= 0.6 is 0 Å². The van der Waals surface area contributed by atoms with Crippen molar-refractivity contribution in [2.24, 2.45) is 0 Å². The zero-order chi connectivity index (χ0) is 15.6. The fourth-order valence-electron chi connectivity index (χ4n) is 2.93. The van der Waals surface area contributed by atoms with Gasteiger partial charge in [-0.2, -0.15) is 0 Å². The largest absolute Gasteiger partial charge is 0.479 e. The number of anilines is 1. The normalized spacial score (nSPS) is 21.4. The predicted octanol–water partition coefficient (Wildman–Crippen LogP) is 1.62. The van der Waals surface area contributed by atoms with Crippen molar-refractivity contribution < 1.29 is 14.7 Å². The Hall–Kier alpha value is -2.11. The van der Waals surface area contributed by atoms with Gasteiger partial charge in [0.15, 0.2) is 0 Å². The summed E-state index contributed by atoms with van der Waals surface area (Å²) in [6.45, 7) is 2.57. The van der Waals surface area contributed by atoms with Gasteiger partial charge in [0.25, 0.3) is 5.91 Å². The number of carbonyl (C=O) groups is 2. The Kier molecular flexibility index (Phi) is 4.16. The molecule has 1 N–H and O–H groups in total. The highest BCUT2D eigenvalue weighted by Gasteiger charge is 2.46. The number of amides is 1. The fraction of sp³-hybridized carbons (Fsp3) is 0.533. The summed E-state index contributed by atoms with van der Waals surface area (Å²) in [5.74, 6) is -0.992. The summed E-state index contributed by atoms with van der Waals surface area (Å²) < 4.78 is 0. The van der Waals surface area contributed by atoms with Crippen LogP contribution in [-0.4, -0.2) is 53.0 Å². The van der Waals surface area contributed by atoms with Gasteiger partial charge in [0, 0.05) is 32.5 Å². The number of carbonyl (C=O) groups excluding carboxylic acids is 1. The standard InChI is InChI=1S/C15H21N3O3/c1-4-15(14(20)21)7-5-9-18(15)11-6-8-16-12(10-11)13(19)17(2)3/h6,8,10H,4-5,7,9H2,1-3H3,(H,20,21). The molecule has 21 heavy (non-hydrogen) atoms. The summed E-state index contributed by atoms with van der Waals surface area (Å²) in [6.07, 6.45) is 3.55. The molecule has 0 radical (unpaired) electrons. The van der Waals surface area contributed by atoms with E-state index in [0.717, 1.165) is 12.1 Å². The van der Waals surface area contributed by atoms with Crippen LogP contribution in [0.5, 0.6) is 0 Å². The number of aliphatic carboxylic acids is 1. The molecule has 0 aromatic carbocycles. The number of aromatic nitrogens is 1. The van der Waals surface area contributed by atoms with Crippen LogP contribution < -0.4 is 4.90 Å². The minimum Gasteiger partial charge on any atom is -0.479 e. The van der Waals surface area contributed by atoms with Crippen molar-refractivity contribution in [3.63, 3.8) is 0 Å². The number of nitrogens with zero attached hydrogens (tertiary/aromatic N) is 3. The van der Waals surface area contributed by atoms with Crippen molar-refractivity contribution >= 4 is 17.6 Å². The van der Waals surface area contributed by atoms with E-state index in [9.17, 15) is 14.7 Å². The van der Waals surface area contributed by atoms with Crippen LogP contribution in [0.4, 0.5) is 5.69 Å². The van der Waals surface area contributed by atoms with Crippen LogP contribution in [-0.2, 0) is 4.79 Å². The van der Waals surface area contributed by atoms with Crippen LogP contribution in [0, 0.1) is 0 Å². The summed E-state index contributed by atoms with van der Waals surface area (Å²) >= 11 is 0. The molecule has 0 aliphatic carbocycles. The maximum atomic E-state index is 12.0. The van der Waals surface area contributed by atoms with Gasteiger partial charge in [-0.05, 0) is 31.4 Å². The van der Waals surface area contributed by atoms with Crippen LogP contribution in [0.25, 0.3) is 0 Å². The highest BCUT2D eigenvalue weighted by molar-refractivity contribution is 5.93. The average molecular weight is 291 g/mol. The monoisotopic (exact) mass is 291 g/mol. The molecule has 1 unspecified atom stereocenters. The van der Waals surface area contributed by atoms with Crippen LogP contribution in [0.3, 0.4) is 0 Å². The van der Waals surface area contributed by atoms with Crippen LogP contribution in [0.2, 0.25) is 0 Å². The van der Waals surface area contributed by atoms with Gasteiger partial charge in [-0.1, -0.05) is 6.92 Å². The van der Waals surface area contributed by atoms with Gasteiger partial charge in [0.05, 0.1) is 0 Å². The van der Waals surface area contributed by atoms with E-state index in [2.05, 4.69) is 4.98 Å². The number of pyridine rings is 1. The molecule has 0 spiro atoms. The van der Waals surface area contributed by atoms with E-state index >= 15 is 0 Å². The quantitative estimate of drug-likeness (QED) is 0.912. The predicted molar refractivity (Wildman–Crippen MR) is 79.5 cm³/mol. The Morgan fingerprint density at radius 1 is 1.48 bits per heavy atom. The van der Waals surface area contributed by atoms with E-state index in [0.29, 0.717) is 25.1 Å². The molecule has 1 aromatic rings. The molecule has 114 valence electrons. The van der Waals surface area contributed by atoms with E-state index in [1.165, 1.54) is 4.90 Å². The highest BCUT2D eigenvalue weighted by Crippen LogP contribution is 2.37. The molecule has 6 nitrogen and oxygen atoms in total. The van der Waals surface area contributed by atoms with E-state index in [1.54, 1.807) is 32.4 Å². The van der Waals surface area contributed by atoms with Crippen LogP contribution in [0.1, 0.15) is 36.7 Å². The first-order chi connectivity index (χ1) is 9.92. The molecule has 1 saturated heterocycles. The highest BCUT2D eigenvalue weighted by atomic mass is 16.4. The third-order valence-electron chi connectivity index (χ3n) is 4.15. The summed E-state index contributed by atoms with van der Waals surface area (Å²) in [7, 11) is 3.33. The molecule has 1 aliphatic rings. The summed E-state index contributed by atoms with van der Waals surface area (Å²) in [4.78, 5) is 31.2. The minimum absolute atomic E-state index is 0.187. The first-order valence-electron chi connectivity index (χ1n) is 7.11. The van der Waals surface area contributed by atoms with Gasteiger partial charge < -0.3 is 14.9 Å². The van der Waals surface area contributed by atoms with Gasteiger partial charge >= 0.3 is 5.97 Å². The van der Waals surface area contributed by atoms with Crippen molar-refractivity contribution in [3.05, 3.63) is 24.0 Å². The molecular formula is C15H21N3O3. The molecule has 2 heterocycles. The van der Waals surface area contributed by atoms with Gasteiger partial charge in [-0.3, -0.25) is 9.78 Å². The number of hydrogen-bond donors (Lipinski definition) is 1. The molecule has 0 saturated carbocycles. The third kappa shape index (κ3) is 2.57. The average Bonchev–Trinajstić information content (AvgIpc) is 2.91. The Morgan fingerprint density at radius 3 is 2.76 bits per heavy atom. The SMILES string of the molecule is CCC1(C(=O)O)CCCN1c1ccnc(C(=O)N(C)C)c1. The van der Waals surface area contributed by atoms with Crippen molar-refractivity contribution in [1.82, 2.24) is 9.88 Å². The Labute approximate surface area is 124 Å². The lowest BCUT2D eigenvalue weighted by Gasteiger charge is -2.35. The maximum Gasteiger partial charge on any atom is 0.329 e. The second kappa shape index (κ2) is 5.71. The van der Waals surface area contributed by atoms with Gasteiger partial charge in [0.2, 0.25) is 0 Å². The molecule has 6 heteroatoms. The molecule has 0 bridgehead atoms. The van der Waals surface area contributed by atoms with Crippen molar-refractivity contribution in [2.45, 2.75) is 31.7 Å². The van der Waals surface area contributed by atoms with Crippen molar-refractivity contribution in [1.29, 1.82) is 0 Å². The molecule has 1 atom stereocenters. The van der Waals surface area contributed by atoms with Crippen molar-refractivity contribution in [2.75, 3.05) is 25.5 Å². The molecule has 1 amide bonds. The number of rotatable bonds is 4. The first kappa shape index (κ1) is 15.3. The number of carboxylic acid groups (broad SMARTS) is 1. The second-order valence-electron chi connectivity index (χ2n) is 5.54. The summed E-state index contributed by atoms with van der Waals surface area (Å²) in [6, 6.07) is 3.45. The topological polar surface area (TPSA) is 73.7 Å². The lowest BCUT2D eigenvalue weighted by molar-refractivity contribution is -0.143. The van der Waals surface area contributed by atoms with Crippen LogP contribution in [0.15, 0.2) is 18.3 Å². The zero-order valence-corrected chi connectivity index (χ0v) is 12.7. The second-order valence-corrected chi connectivity index (χ2v) is 5.54. The minimum atomic E-state index is -0.875. The summed E-state index contributed by atoms with van der Waals surface area (Å²) in [5, 5.41) is 9.63. The lowest BCUT2D eigenvalue weighted by Crippen LogP contribution is -2.50. The van der Waals surface area contributed by atoms with Gasteiger partial charge in [0.1, 0.15) is 11.2 Å². The van der Waals surface area contributed by atoms with E-state index in [1.807, 2.05) is 11.8 Å². The van der Waals surface area contributed by atoms with E-state index < -0.39 is 11.5 Å². The Balaban J connectivity index is 2.40. The Bertz CT molecular complexity index is 559. The van der Waals surface area contributed by atoms with E-state index in [4.69, 9.17) is 0 Å². The molecule has 2 rings (SSSR count). The van der Waals surface area contributed by atoms with E-state index in [-0.39, 0.29) is 5.91 Å². The molecule has 1 aliphatic heterocycles. The molecule has 1 fully saturated rings. The maximum absolute atomic E-state index is 12.0. The number of carboxylic acids is 1. The lowest BCUT2D eigenvalue weighted by atomic mass is 9.92. The third-order valence-corrected chi connectivity index (χ3v) is 4.15.